The fourth-order valence-corrected chi connectivity index (χ4v) is 4.87. The van der Waals surface area contributed by atoms with Gasteiger partial charge in [-0.3, -0.25) is 9.47 Å². The zero-order valence-corrected chi connectivity index (χ0v) is 20.0. The number of aryl methyl sites for hydroxylation is 2. The van der Waals surface area contributed by atoms with Crippen molar-refractivity contribution in [3.05, 3.63) is 92.3 Å². The molecule has 3 aromatic rings. The molecule has 0 N–H and O–H groups in total. The smallest absolute Gasteiger partial charge is 0.285 e. The maximum atomic E-state index is 13.2. The minimum Gasteiger partial charge on any atom is -0.488 e. The van der Waals surface area contributed by atoms with E-state index in [4.69, 9.17) is 17.0 Å². The largest absolute Gasteiger partial charge is 0.488 e. The molecule has 1 saturated heterocycles. The van der Waals surface area contributed by atoms with E-state index < -0.39 is 0 Å². The van der Waals surface area contributed by atoms with Gasteiger partial charge in [-0.1, -0.05) is 39.8 Å². The van der Waals surface area contributed by atoms with Gasteiger partial charge in [-0.05, 0) is 80.2 Å². The van der Waals surface area contributed by atoms with Crippen molar-refractivity contribution in [2.75, 3.05) is 5.01 Å². The lowest BCUT2D eigenvalue weighted by atomic mass is 10.1. The van der Waals surface area contributed by atoms with Crippen molar-refractivity contribution in [1.82, 2.24) is 4.68 Å². The van der Waals surface area contributed by atoms with E-state index in [2.05, 4.69) is 15.9 Å². The molecular weight excluding hydrogens is 499 g/mol. The van der Waals surface area contributed by atoms with Crippen LogP contribution in [0.1, 0.15) is 22.5 Å². The SMILES string of the molecule is Cc1ccc(C)n1N1C(=O)C(=Cc2cc(Br)ccc2OCc2ccc(F)cc2)SC1=S. The molecule has 0 atom stereocenters. The maximum Gasteiger partial charge on any atom is 0.285 e. The van der Waals surface area contributed by atoms with Crippen LogP contribution in [0.2, 0.25) is 0 Å². The van der Waals surface area contributed by atoms with Gasteiger partial charge in [-0.25, -0.2) is 4.39 Å². The van der Waals surface area contributed by atoms with Gasteiger partial charge in [0.1, 0.15) is 18.2 Å². The molecule has 2 aromatic carbocycles. The van der Waals surface area contributed by atoms with Gasteiger partial charge in [0.05, 0.1) is 4.91 Å². The Balaban J connectivity index is 1.62. The van der Waals surface area contributed by atoms with Crippen LogP contribution in [-0.4, -0.2) is 14.9 Å². The monoisotopic (exact) mass is 516 g/mol. The van der Waals surface area contributed by atoms with E-state index in [9.17, 15) is 9.18 Å². The molecule has 1 fully saturated rings. The van der Waals surface area contributed by atoms with E-state index in [1.54, 1.807) is 18.2 Å². The predicted octanol–water partition coefficient (Wildman–Crippen LogP) is 6.12. The summed E-state index contributed by atoms with van der Waals surface area (Å²) in [6, 6.07) is 15.7. The van der Waals surface area contributed by atoms with Crippen molar-refractivity contribution in [3.63, 3.8) is 0 Å². The van der Waals surface area contributed by atoms with Gasteiger partial charge in [-0.15, -0.1) is 0 Å². The molecule has 0 bridgehead atoms. The van der Waals surface area contributed by atoms with E-state index in [0.717, 1.165) is 27.0 Å². The minimum atomic E-state index is -0.289. The number of halogens is 2. The van der Waals surface area contributed by atoms with Crippen LogP contribution in [0.5, 0.6) is 5.75 Å². The summed E-state index contributed by atoms with van der Waals surface area (Å²) in [5.41, 5.74) is 3.46. The normalized spacial score (nSPS) is 15.2. The van der Waals surface area contributed by atoms with Crippen molar-refractivity contribution in [2.24, 2.45) is 0 Å². The van der Waals surface area contributed by atoms with E-state index >= 15 is 0 Å². The molecule has 1 aliphatic rings. The summed E-state index contributed by atoms with van der Waals surface area (Å²) in [5.74, 6) is 0.149. The minimum absolute atomic E-state index is 0.179. The second-order valence-electron chi connectivity index (χ2n) is 7.02. The van der Waals surface area contributed by atoms with Crippen LogP contribution in [-0.2, 0) is 11.4 Å². The molecule has 158 valence electrons. The van der Waals surface area contributed by atoms with Crippen LogP contribution in [0.15, 0.2) is 64.0 Å². The Kier molecular flexibility index (Phi) is 6.31. The third-order valence-electron chi connectivity index (χ3n) is 4.77. The first-order valence-electron chi connectivity index (χ1n) is 9.43. The molecule has 31 heavy (non-hydrogen) atoms. The van der Waals surface area contributed by atoms with Crippen molar-refractivity contribution in [2.45, 2.75) is 20.5 Å². The average Bonchev–Trinajstić information content (AvgIpc) is 3.20. The van der Waals surface area contributed by atoms with E-state index in [0.29, 0.717) is 15.0 Å². The quantitative estimate of drug-likeness (QED) is 0.302. The molecular formula is C23H18BrFN2O2S2. The first kappa shape index (κ1) is 21.8. The summed E-state index contributed by atoms with van der Waals surface area (Å²) in [6.07, 6.45) is 1.79. The Morgan fingerprint density at radius 2 is 1.77 bits per heavy atom. The predicted molar refractivity (Wildman–Crippen MR) is 130 cm³/mol. The molecule has 4 nitrogen and oxygen atoms in total. The first-order chi connectivity index (χ1) is 14.8. The number of carbonyl (C=O) groups is 1. The lowest BCUT2D eigenvalue weighted by Crippen LogP contribution is -2.39. The van der Waals surface area contributed by atoms with Crippen LogP contribution < -0.4 is 9.75 Å². The summed E-state index contributed by atoms with van der Waals surface area (Å²) >= 11 is 10.2. The highest BCUT2D eigenvalue weighted by molar-refractivity contribution is 9.10. The number of benzene rings is 2. The molecule has 1 amide bonds. The Labute approximate surface area is 197 Å². The van der Waals surface area contributed by atoms with Crippen molar-refractivity contribution >= 4 is 56.2 Å². The number of hydrogen-bond donors (Lipinski definition) is 0. The van der Waals surface area contributed by atoms with E-state index in [-0.39, 0.29) is 18.3 Å². The number of amides is 1. The number of nitrogens with zero attached hydrogens (tertiary/aromatic N) is 2. The zero-order valence-electron chi connectivity index (χ0n) is 16.8. The third kappa shape index (κ3) is 4.61. The molecule has 0 unspecified atom stereocenters. The van der Waals surface area contributed by atoms with Crippen molar-refractivity contribution < 1.29 is 13.9 Å². The van der Waals surface area contributed by atoms with Crippen LogP contribution in [0.4, 0.5) is 4.39 Å². The average molecular weight is 517 g/mol. The molecule has 0 saturated carbocycles. The topological polar surface area (TPSA) is 34.5 Å². The van der Waals surface area contributed by atoms with Crippen molar-refractivity contribution in [1.29, 1.82) is 0 Å². The van der Waals surface area contributed by atoms with E-state index in [1.807, 2.05) is 48.9 Å². The molecule has 1 aliphatic heterocycles. The zero-order chi connectivity index (χ0) is 22.1. The number of rotatable bonds is 5. The number of thiocarbonyl (C=S) groups is 1. The molecule has 4 rings (SSSR count). The van der Waals surface area contributed by atoms with Gasteiger partial charge in [0.25, 0.3) is 5.91 Å². The highest BCUT2D eigenvalue weighted by Gasteiger charge is 2.35. The summed E-state index contributed by atoms with van der Waals surface area (Å²) in [6.45, 7) is 4.15. The Hall–Kier alpha value is -2.42. The molecule has 1 aromatic heterocycles. The molecule has 0 aliphatic carbocycles. The molecule has 0 radical (unpaired) electrons. The van der Waals surface area contributed by atoms with Crippen molar-refractivity contribution in [3.8, 4) is 5.75 Å². The fourth-order valence-electron chi connectivity index (χ4n) is 3.25. The Bertz CT molecular complexity index is 1190. The van der Waals surface area contributed by atoms with Gasteiger partial charge in [-0.2, -0.15) is 5.01 Å². The van der Waals surface area contributed by atoms with Crippen LogP contribution >= 0.6 is 39.9 Å². The highest BCUT2D eigenvalue weighted by Crippen LogP contribution is 2.35. The number of aromatic nitrogens is 1. The van der Waals surface area contributed by atoms with Gasteiger partial charge in [0.2, 0.25) is 0 Å². The Morgan fingerprint density at radius 3 is 2.45 bits per heavy atom. The van der Waals surface area contributed by atoms with E-state index in [1.165, 1.54) is 28.9 Å². The first-order valence-corrected chi connectivity index (χ1v) is 11.5. The second-order valence-corrected chi connectivity index (χ2v) is 9.61. The standard InChI is InChI=1S/C23H18BrFN2O2S2/c1-14-3-4-15(2)26(14)27-22(28)21(31-23(27)30)12-17-11-18(24)7-10-20(17)29-13-16-5-8-19(25)9-6-16/h3-12H,13H2,1-2H3. The molecule has 8 heteroatoms. The third-order valence-corrected chi connectivity index (χ3v) is 6.55. The lowest BCUT2D eigenvalue weighted by molar-refractivity contribution is -0.114. The Morgan fingerprint density at radius 1 is 1.10 bits per heavy atom. The van der Waals surface area contributed by atoms with Crippen LogP contribution in [0.3, 0.4) is 0 Å². The van der Waals surface area contributed by atoms with Gasteiger partial charge in [0.15, 0.2) is 4.32 Å². The number of ether oxygens (including phenoxy) is 1. The highest BCUT2D eigenvalue weighted by atomic mass is 79.9. The fraction of sp³-hybridized carbons (Fsp3) is 0.130. The number of carbonyl (C=O) groups excluding carboxylic acids is 1. The second kappa shape index (κ2) is 8.98. The molecule has 2 heterocycles. The van der Waals surface area contributed by atoms with Gasteiger partial charge < -0.3 is 4.74 Å². The summed E-state index contributed by atoms with van der Waals surface area (Å²) < 4.78 is 22.3. The van der Waals surface area contributed by atoms with Crippen LogP contribution in [0, 0.1) is 19.7 Å². The number of thioether (sulfide) groups is 1. The molecule has 0 spiro atoms. The number of hydrogen-bond acceptors (Lipinski definition) is 4. The van der Waals surface area contributed by atoms with Gasteiger partial charge >= 0.3 is 0 Å². The van der Waals surface area contributed by atoms with Crippen LogP contribution in [0.25, 0.3) is 6.08 Å². The van der Waals surface area contributed by atoms with Gasteiger partial charge in [0, 0.05) is 21.4 Å². The maximum absolute atomic E-state index is 13.2. The summed E-state index contributed by atoms with van der Waals surface area (Å²) in [4.78, 5) is 13.7. The summed E-state index contributed by atoms with van der Waals surface area (Å²) in [5, 5.41) is 1.52. The summed E-state index contributed by atoms with van der Waals surface area (Å²) in [7, 11) is 0. The lowest BCUT2D eigenvalue weighted by Gasteiger charge is -2.20.